The second-order valence-corrected chi connectivity index (χ2v) is 10.6. The standard InChI is InChI=1S/C24H31NO7/c1-12-10-16(27)20-21-19(12)24(20,5)18(31-13(2)26)11-17(23(21,3)4)32-22(28)14-6-8-15(9-7-14)25(29)30/h6-9,12,16-21,27H,10-11H2,1-5H3/t12-,16+,17+,18+,19-,20+,21-,24+/m0/s1. The molecule has 8 heteroatoms. The lowest BCUT2D eigenvalue weighted by molar-refractivity contribution is -0.384. The van der Waals surface area contributed by atoms with Gasteiger partial charge in [0.2, 0.25) is 0 Å². The number of benzene rings is 1. The van der Waals surface area contributed by atoms with Gasteiger partial charge in [0, 0.05) is 36.3 Å². The summed E-state index contributed by atoms with van der Waals surface area (Å²) in [6.07, 6.45) is -0.430. The van der Waals surface area contributed by atoms with Crippen molar-refractivity contribution in [2.45, 2.75) is 65.8 Å². The van der Waals surface area contributed by atoms with Gasteiger partial charge in [0.05, 0.1) is 16.6 Å². The van der Waals surface area contributed by atoms with Crippen LogP contribution >= 0.6 is 0 Å². The molecule has 1 aromatic rings. The highest BCUT2D eigenvalue weighted by Gasteiger charge is 2.75. The Morgan fingerprint density at radius 2 is 1.66 bits per heavy atom. The molecule has 0 aromatic heterocycles. The molecule has 0 heterocycles. The van der Waals surface area contributed by atoms with E-state index < -0.39 is 34.6 Å². The molecule has 0 amide bonds. The van der Waals surface area contributed by atoms with Gasteiger partial charge in [0.15, 0.2) is 0 Å². The number of fused-ring (bicyclic) bond motifs is 3. The van der Waals surface area contributed by atoms with Gasteiger partial charge in [0.25, 0.3) is 5.69 Å². The van der Waals surface area contributed by atoms with Crippen LogP contribution in [0.3, 0.4) is 0 Å². The van der Waals surface area contributed by atoms with E-state index in [9.17, 15) is 24.8 Å². The van der Waals surface area contributed by atoms with Crippen LogP contribution < -0.4 is 0 Å². The number of aliphatic hydroxyl groups excluding tert-OH is 1. The molecule has 5 rings (SSSR count). The highest BCUT2D eigenvalue weighted by atomic mass is 16.6. The fraction of sp³-hybridized carbons (Fsp3) is 0.667. The van der Waals surface area contributed by atoms with E-state index in [0.29, 0.717) is 6.42 Å². The molecule has 0 aliphatic heterocycles. The van der Waals surface area contributed by atoms with E-state index in [4.69, 9.17) is 9.47 Å². The van der Waals surface area contributed by atoms with E-state index in [1.807, 2.05) is 0 Å². The van der Waals surface area contributed by atoms with Crippen molar-refractivity contribution in [3.8, 4) is 0 Å². The number of nitro benzene ring substituents is 1. The summed E-state index contributed by atoms with van der Waals surface area (Å²) >= 11 is 0. The number of carbonyl (C=O) groups is 2. The van der Waals surface area contributed by atoms with Crippen molar-refractivity contribution in [2.24, 2.45) is 34.5 Å². The summed E-state index contributed by atoms with van der Waals surface area (Å²) in [6.45, 7) is 9.74. The Bertz CT molecular complexity index is 924. The minimum absolute atomic E-state index is 0.0360. The molecule has 4 bridgehead atoms. The molecule has 4 aliphatic rings. The Kier molecular flexibility index (Phi) is 5.35. The molecule has 4 aliphatic carbocycles. The van der Waals surface area contributed by atoms with Crippen LogP contribution in [0.2, 0.25) is 0 Å². The summed E-state index contributed by atoms with van der Waals surface area (Å²) in [5, 5.41) is 21.9. The number of carbonyl (C=O) groups excluding carboxylic acids is 2. The van der Waals surface area contributed by atoms with E-state index in [1.165, 1.54) is 31.2 Å². The number of nitro groups is 1. The molecular formula is C24H31NO7. The second kappa shape index (κ2) is 7.54. The minimum atomic E-state index is -0.567. The predicted octanol–water partition coefficient (Wildman–Crippen LogP) is 3.75. The number of nitrogens with zero attached hydrogens (tertiary/aromatic N) is 1. The van der Waals surface area contributed by atoms with E-state index in [1.54, 1.807) is 0 Å². The first kappa shape index (κ1) is 22.7. The number of hydrogen-bond donors (Lipinski definition) is 1. The molecule has 174 valence electrons. The number of non-ortho nitro benzene ring substituents is 1. The highest BCUT2D eigenvalue weighted by molar-refractivity contribution is 5.89. The van der Waals surface area contributed by atoms with Crippen molar-refractivity contribution in [1.82, 2.24) is 0 Å². The molecule has 32 heavy (non-hydrogen) atoms. The van der Waals surface area contributed by atoms with Gasteiger partial charge in [-0.2, -0.15) is 0 Å². The van der Waals surface area contributed by atoms with Gasteiger partial charge in [0.1, 0.15) is 12.2 Å². The monoisotopic (exact) mass is 445 g/mol. The molecule has 0 radical (unpaired) electrons. The SMILES string of the molecule is CC(=O)O[C@@H]1C[C@@H](OC(=O)c2ccc([N+](=O)[O-])cc2)C(C)(C)[C@H]2[C@@H]3[C@@H](C)C[C@@H](O)[C@H]2[C@@]31C. The first-order valence-corrected chi connectivity index (χ1v) is 11.2. The normalized spacial score (nSPS) is 39.2. The third-order valence-electron chi connectivity index (χ3n) is 8.53. The molecule has 0 spiro atoms. The fourth-order valence-corrected chi connectivity index (χ4v) is 7.21. The maximum atomic E-state index is 12.9. The summed E-state index contributed by atoms with van der Waals surface area (Å²) in [4.78, 5) is 35.3. The van der Waals surface area contributed by atoms with Gasteiger partial charge < -0.3 is 14.6 Å². The molecule has 0 unspecified atom stereocenters. The summed E-state index contributed by atoms with van der Waals surface area (Å²) in [7, 11) is 0. The molecular weight excluding hydrogens is 414 g/mol. The Labute approximate surface area is 187 Å². The summed E-state index contributed by atoms with van der Waals surface area (Å²) in [5.74, 6) is -0.361. The van der Waals surface area contributed by atoms with Crippen LogP contribution in [0.4, 0.5) is 5.69 Å². The van der Waals surface area contributed by atoms with Crippen molar-refractivity contribution in [2.75, 3.05) is 0 Å². The topological polar surface area (TPSA) is 116 Å². The number of ether oxygens (including phenoxy) is 2. The average Bonchev–Trinajstić information content (AvgIpc) is 2.80. The zero-order valence-electron chi connectivity index (χ0n) is 19.1. The number of rotatable bonds is 4. The van der Waals surface area contributed by atoms with Crippen LogP contribution in [0, 0.1) is 44.6 Å². The van der Waals surface area contributed by atoms with Crippen LogP contribution in [0.15, 0.2) is 24.3 Å². The van der Waals surface area contributed by atoms with Gasteiger partial charge in [-0.15, -0.1) is 0 Å². The van der Waals surface area contributed by atoms with Crippen molar-refractivity contribution < 1.29 is 29.1 Å². The molecule has 8 atom stereocenters. The van der Waals surface area contributed by atoms with Crippen LogP contribution in [-0.2, 0) is 14.3 Å². The minimum Gasteiger partial charge on any atom is -0.462 e. The summed E-state index contributed by atoms with van der Waals surface area (Å²) in [6, 6.07) is 5.32. The zero-order valence-corrected chi connectivity index (χ0v) is 19.1. The molecule has 4 saturated carbocycles. The lowest BCUT2D eigenvalue weighted by Gasteiger charge is -2.70. The lowest BCUT2D eigenvalue weighted by atomic mass is 9.35. The van der Waals surface area contributed by atoms with Gasteiger partial charge in [-0.1, -0.05) is 27.7 Å². The number of hydrogen-bond acceptors (Lipinski definition) is 7. The zero-order chi connectivity index (χ0) is 23.6. The second-order valence-electron chi connectivity index (χ2n) is 10.6. The number of esters is 2. The van der Waals surface area contributed by atoms with Crippen molar-refractivity contribution in [1.29, 1.82) is 0 Å². The van der Waals surface area contributed by atoms with Gasteiger partial charge >= 0.3 is 11.9 Å². The summed E-state index contributed by atoms with van der Waals surface area (Å²) in [5.41, 5.74) is -0.697. The quantitative estimate of drug-likeness (QED) is 0.426. The van der Waals surface area contributed by atoms with Crippen LogP contribution in [0.1, 0.15) is 57.8 Å². The molecule has 0 saturated heterocycles. The maximum absolute atomic E-state index is 12.9. The van der Waals surface area contributed by atoms with E-state index in [0.717, 1.165) is 6.42 Å². The Balaban J connectivity index is 1.66. The van der Waals surface area contributed by atoms with Gasteiger partial charge in [-0.3, -0.25) is 14.9 Å². The van der Waals surface area contributed by atoms with E-state index >= 15 is 0 Å². The van der Waals surface area contributed by atoms with Gasteiger partial charge in [-0.05, 0) is 42.2 Å². The molecule has 4 fully saturated rings. The van der Waals surface area contributed by atoms with Gasteiger partial charge in [-0.25, -0.2) is 4.79 Å². The molecule has 8 nitrogen and oxygen atoms in total. The lowest BCUT2D eigenvalue weighted by Crippen LogP contribution is -2.71. The molecule has 1 N–H and O–H groups in total. The van der Waals surface area contributed by atoms with Crippen LogP contribution in [0.25, 0.3) is 0 Å². The first-order chi connectivity index (χ1) is 14.9. The number of aliphatic hydroxyl groups is 1. The van der Waals surface area contributed by atoms with Crippen molar-refractivity contribution in [3.63, 3.8) is 0 Å². The molecule has 1 aromatic carbocycles. The van der Waals surface area contributed by atoms with Crippen LogP contribution in [0.5, 0.6) is 0 Å². The Morgan fingerprint density at radius 1 is 1.03 bits per heavy atom. The third-order valence-corrected chi connectivity index (χ3v) is 8.53. The third kappa shape index (κ3) is 3.22. The van der Waals surface area contributed by atoms with Crippen molar-refractivity contribution >= 4 is 17.6 Å². The predicted molar refractivity (Wildman–Crippen MR) is 115 cm³/mol. The average molecular weight is 446 g/mol. The smallest absolute Gasteiger partial charge is 0.338 e. The first-order valence-electron chi connectivity index (χ1n) is 11.2. The Morgan fingerprint density at radius 3 is 2.19 bits per heavy atom. The maximum Gasteiger partial charge on any atom is 0.338 e. The highest BCUT2D eigenvalue weighted by Crippen LogP contribution is 2.74. The van der Waals surface area contributed by atoms with E-state index in [-0.39, 0.29) is 46.3 Å². The Hall–Kier alpha value is -2.48. The summed E-state index contributed by atoms with van der Waals surface area (Å²) < 4.78 is 11.8. The largest absolute Gasteiger partial charge is 0.462 e. The van der Waals surface area contributed by atoms with Crippen molar-refractivity contribution in [3.05, 3.63) is 39.9 Å². The fourth-order valence-electron chi connectivity index (χ4n) is 7.21. The van der Waals surface area contributed by atoms with E-state index in [2.05, 4.69) is 27.7 Å². The van der Waals surface area contributed by atoms with Crippen LogP contribution in [-0.4, -0.2) is 40.3 Å².